The largest absolute Gasteiger partial charge is 0.480 e. The van der Waals surface area contributed by atoms with Crippen LogP contribution in [0, 0.1) is 0 Å². The number of aromatic amines is 1. The van der Waals surface area contributed by atoms with Crippen LogP contribution in [0.2, 0.25) is 0 Å². The second kappa shape index (κ2) is 8.11. The molecule has 1 unspecified atom stereocenters. The molecule has 1 aliphatic rings. The van der Waals surface area contributed by atoms with E-state index in [1.54, 1.807) is 6.07 Å². The van der Waals surface area contributed by atoms with Gasteiger partial charge in [0.05, 0.1) is 4.90 Å². The predicted octanol–water partition coefficient (Wildman–Crippen LogP) is 4.16. The number of sulfonamides is 1. The molecule has 0 saturated heterocycles. The summed E-state index contributed by atoms with van der Waals surface area (Å²) >= 11 is 0. The van der Waals surface area contributed by atoms with Crippen LogP contribution in [0.4, 0.5) is 0 Å². The highest BCUT2D eigenvalue weighted by Gasteiger charge is 2.27. The van der Waals surface area contributed by atoms with E-state index < -0.39 is 22.0 Å². The number of rotatable bonds is 7. The van der Waals surface area contributed by atoms with E-state index in [1.165, 1.54) is 12.1 Å². The summed E-state index contributed by atoms with van der Waals surface area (Å²) in [6.45, 7) is 0. The molecule has 166 valence electrons. The molecule has 3 N–H and O–H groups in total. The average molecular weight is 453 g/mol. The highest BCUT2D eigenvalue weighted by atomic mass is 32.2. The minimum Gasteiger partial charge on any atom is -0.480 e. The van der Waals surface area contributed by atoms with Crippen LogP contribution in [0.3, 0.4) is 0 Å². The first-order valence-corrected chi connectivity index (χ1v) is 12.2. The summed E-state index contributed by atoms with van der Waals surface area (Å²) in [6.07, 6.45) is 6.35. The zero-order valence-corrected chi connectivity index (χ0v) is 18.2. The van der Waals surface area contributed by atoms with Crippen molar-refractivity contribution in [3.05, 3.63) is 65.5 Å². The summed E-state index contributed by atoms with van der Waals surface area (Å²) in [5.74, 6) is -0.279. The van der Waals surface area contributed by atoms with Crippen LogP contribution in [0.15, 0.2) is 58.0 Å². The van der Waals surface area contributed by atoms with E-state index in [0.29, 0.717) is 12.0 Å². The zero-order valence-electron chi connectivity index (χ0n) is 17.4. The van der Waals surface area contributed by atoms with Crippen molar-refractivity contribution in [1.29, 1.82) is 0 Å². The number of hydrogen-bond acceptors (Lipinski definition) is 4. The zero-order chi connectivity index (χ0) is 22.3. The third-order valence-corrected chi connectivity index (χ3v) is 7.68. The number of carboxylic acid groups (broad SMARTS) is 1. The topological polar surface area (TPSA) is 112 Å². The first kappa shape index (κ1) is 20.8. The van der Waals surface area contributed by atoms with Crippen molar-refractivity contribution >= 4 is 37.9 Å². The standard InChI is InChI=1S/C24H24N2O5S/c27-24(28)21(12-9-15-14-25-20-7-3-1-5-17(15)20)26-32(29,30)16-10-11-19-18-6-2-4-8-22(18)31-23(19)13-16/h1,3,5,7,10-11,13-14,21,25-26H,2,4,6,8-9,12H2,(H,27,28). The Hall–Kier alpha value is -3.10. The molecular formula is C24H24N2O5S. The van der Waals surface area contributed by atoms with Crippen molar-refractivity contribution in [2.45, 2.75) is 49.5 Å². The second-order valence-corrected chi connectivity index (χ2v) is 9.99. The lowest BCUT2D eigenvalue weighted by Crippen LogP contribution is -2.41. The number of nitrogens with one attached hydrogen (secondary N) is 2. The van der Waals surface area contributed by atoms with E-state index in [0.717, 1.165) is 58.9 Å². The fourth-order valence-corrected chi connectivity index (χ4v) is 5.78. The monoisotopic (exact) mass is 452 g/mol. The maximum Gasteiger partial charge on any atom is 0.321 e. The van der Waals surface area contributed by atoms with Crippen molar-refractivity contribution in [1.82, 2.24) is 9.71 Å². The first-order valence-electron chi connectivity index (χ1n) is 10.8. The molecule has 0 fully saturated rings. The van der Waals surface area contributed by atoms with Gasteiger partial charge in [0, 0.05) is 40.5 Å². The lowest BCUT2D eigenvalue weighted by atomic mass is 9.96. The molecule has 0 saturated carbocycles. The molecule has 1 aliphatic carbocycles. The maximum absolute atomic E-state index is 13.0. The number of carboxylic acids is 1. The van der Waals surface area contributed by atoms with Crippen LogP contribution >= 0.6 is 0 Å². The van der Waals surface area contributed by atoms with Crippen molar-refractivity contribution in [2.24, 2.45) is 0 Å². The smallest absolute Gasteiger partial charge is 0.321 e. The number of para-hydroxylation sites is 1. The molecule has 7 nitrogen and oxygen atoms in total. The fraction of sp³-hybridized carbons (Fsp3) is 0.292. The molecule has 0 radical (unpaired) electrons. The van der Waals surface area contributed by atoms with E-state index >= 15 is 0 Å². The molecule has 0 aliphatic heterocycles. The van der Waals surface area contributed by atoms with Gasteiger partial charge in [0.15, 0.2) is 0 Å². The van der Waals surface area contributed by atoms with E-state index in [-0.39, 0.29) is 11.3 Å². The molecule has 32 heavy (non-hydrogen) atoms. The minimum atomic E-state index is -4.03. The van der Waals surface area contributed by atoms with Gasteiger partial charge in [0.25, 0.3) is 0 Å². The van der Waals surface area contributed by atoms with Crippen LogP contribution in [0.25, 0.3) is 21.9 Å². The molecule has 2 heterocycles. The molecular weight excluding hydrogens is 428 g/mol. The van der Waals surface area contributed by atoms with Gasteiger partial charge < -0.3 is 14.5 Å². The Labute approximate surface area is 185 Å². The minimum absolute atomic E-state index is 0.00874. The van der Waals surface area contributed by atoms with Gasteiger partial charge >= 0.3 is 5.97 Å². The van der Waals surface area contributed by atoms with Gasteiger partial charge in [-0.2, -0.15) is 4.72 Å². The molecule has 1 atom stereocenters. The maximum atomic E-state index is 13.0. The van der Waals surface area contributed by atoms with Gasteiger partial charge in [-0.15, -0.1) is 0 Å². The number of carbonyl (C=O) groups is 1. The van der Waals surface area contributed by atoms with Gasteiger partial charge in [-0.3, -0.25) is 4.79 Å². The third-order valence-electron chi connectivity index (χ3n) is 6.21. The summed E-state index contributed by atoms with van der Waals surface area (Å²) in [4.78, 5) is 15.0. The van der Waals surface area contributed by atoms with Crippen LogP contribution in [0.5, 0.6) is 0 Å². The summed E-state index contributed by atoms with van der Waals surface area (Å²) < 4.78 is 34.2. The third kappa shape index (κ3) is 3.80. The number of benzene rings is 2. The molecule has 2 aromatic carbocycles. The van der Waals surface area contributed by atoms with Gasteiger partial charge in [0.2, 0.25) is 10.0 Å². The van der Waals surface area contributed by atoms with Crippen LogP contribution < -0.4 is 4.72 Å². The van der Waals surface area contributed by atoms with E-state index in [4.69, 9.17) is 4.42 Å². The van der Waals surface area contributed by atoms with Crippen molar-refractivity contribution in [3.8, 4) is 0 Å². The van der Waals surface area contributed by atoms with Crippen molar-refractivity contribution < 1.29 is 22.7 Å². The number of furan rings is 1. The van der Waals surface area contributed by atoms with Gasteiger partial charge in [-0.25, -0.2) is 8.42 Å². The number of fused-ring (bicyclic) bond motifs is 4. The normalized spacial score (nSPS) is 15.1. The van der Waals surface area contributed by atoms with E-state index in [1.807, 2.05) is 30.5 Å². The lowest BCUT2D eigenvalue weighted by Gasteiger charge is -2.15. The quantitative estimate of drug-likeness (QED) is 0.390. The molecule has 2 aromatic heterocycles. The van der Waals surface area contributed by atoms with Gasteiger partial charge in [-0.1, -0.05) is 18.2 Å². The average Bonchev–Trinajstić information content (AvgIpc) is 3.37. The van der Waals surface area contributed by atoms with Crippen LogP contribution in [-0.2, 0) is 34.1 Å². The SMILES string of the molecule is O=C(O)C(CCc1c[nH]c2ccccc12)NS(=O)(=O)c1ccc2c3c(oc2c1)CCCC3. The Kier molecular flexibility index (Phi) is 5.27. The van der Waals surface area contributed by atoms with E-state index in [9.17, 15) is 18.3 Å². The Bertz CT molecular complexity index is 1420. The number of aliphatic carboxylic acids is 1. The lowest BCUT2D eigenvalue weighted by molar-refractivity contribution is -0.139. The van der Waals surface area contributed by atoms with Crippen LogP contribution in [-0.4, -0.2) is 30.5 Å². The van der Waals surface area contributed by atoms with Crippen LogP contribution in [0.1, 0.15) is 36.1 Å². The summed E-state index contributed by atoms with van der Waals surface area (Å²) in [5, 5.41) is 11.6. The first-order chi connectivity index (χ1) is 15.4. The van der Waals surface area contributed by atoms with Gasteiger partial charge in [0.1, 0.15) is 17.4 Å². The second-order valence-electron chi connectivity index (χ2n) is 8.28. The number of H-pyrrole nitrogens is 1. The Morgan fingerprint density at radius 1 is 1.12 bits per heavy atom. The highest BCUT2D eigenvalue weighted by Crippen LogP contribution is 2.33. The molecule has 4 aromatic rings. The summed E-state index contributed by atoms with van der Waals surface area (Å²) in [6, 6.07) is 11.3. The number of aromatic nitrogens is 1. The molecule has 0 amide bonds. The van der Waals surface area contributed by atoms with E-state index in [2.05, 4.69) is 9.71 Å². The number of aryl methyl sites for hydroxylation is 3. The van der Waals surface area contributed by atoms with Gasteiger partial charge in [-0.05, 0) is 55.9 Å². The molecule has 5 rings (SSSR count). The predicted molar refractivity (Wildman–Crippen MR) is 121 cm³/mol. The fourth-order valence-electron chi connectivity index (χ4n) is 4.54. The Morgan fingerprint density at radius 2 is 1.94 bits per heavy atom. The Balaban J connectivity index is 1.37. The number of hydrogen-bond donors (Lipinski definition) is 3. The molecule has 0 bridgehead atoms. The Morgan fingerprint density at radius 3 is 2.78 bits per heavy atom. The molecule has 0 spiro atoms. The summed E-state index contributed by atoms with van der Waals surface area (Å²) in [7, 11) is -4.03. The summed E-state index contributed by atoms with van der Waals surface area (Å²) in [5.41, 5.74) is 3.61. The van der Waals surface area contributed by atoms with Crippen molar-refractivity contribution in [2.75, 3.05) is 0 Å². The molecule has 8 heteroatoms. The highest BCUT2D eigenvalue weighted by molar-refractivity contribution is 7.89. The van der Waals surface area contributed by atoms with Crippen molar-refractivity contribution in [3.63, 3.8) is 0 Å².